The smallest absolute Gasteiger partial charge is 0.311 e. The first-order valence-electron chi connectivity index (χ1n) is 10.3. The molecule has 1 heterocycles. The van der Waals surface area contributed by atoms with Gasteiger partial charge in [-0.1, -0.05) is 41.9 Å². The molecule has 0 saturated heterocycles. The van der Waals surface area contributed by atoms with Gasteiger partial charge >= 0.3 is 5.97 Å². The molecule has 3 aromatic carbocycles. The molecule has 0 saturated carbocycles. The van der Waals surface area contributed by atoms with Crippen LogP contribution in [-0.4, -0.2) is 30.1 Å². The average molecular weight is 452 g/mol. The fourth-order valence-corrected chi connectivity index (χ4v) is 3.80. The second kappa shape index (κ2) is 9.75. The molecule has 0 bridgehead atoms. The highest BCUT2D eigenvalue weighted by Crippen LogP contribution is 2.41. The quantitative estimate of drug-likeness (QED) is 0.524. The van der Waals surface area contributed by atoms with E-state index in [1.165, 1.54) is 0 Å². The molecule has 164 valence electrons. The van der Waals surface area contributed by atoms with Crippen molar-refractivity contribution < 1.29 is 24.2 Å². The monoisotopic (exact) mass is 451 g/mol. The summed E-state index contributed by atoms with van der Waals surface area (Å²) in [6, 6.07) is 19.9. The Morgan fingerprint density at radius 1 is 1.09 bits per heavy atom. The van der Waals surface area contributed by atoms with E-state index < -0.39 is 11.9 Å². The highest BCUT2D eigenvalue weighted by atomic mass is 35.5. The lowest BCUT2D eigenvalue weighted by atomic mass is 9.93. The molecule has 0 radical (unpaired) electrons. The van der Waals surface area contributed by atoms with Crippen molar-refractivity contribution in [2.24, 2.45) is 0 Å². The van der Waals surface area contributed by atoms with Gasteiger partial charge in [0.05, 0.1) is 17.5 Å². The summed E-state index contributed by atoms with van der Waals surface area (Å²) < 4.78 is 11.5. The summed E-state index contributed by atoms with van der Waals surface area (Å²) in [5.74, 6) is -0.401. The lowest BCUT2D eigenvalue weighted by molar-refractivity contribution is -0.139. The van der Waals surface area contributed by atoms with Crippen LogP contribution >= 0.6 is 11.6 Å². The van der Waals surface area contributed by atoms with E-state index in [-0.39, 0.29) is 5.91 Å². The van der Waals surface area contributed by atoms with Crippen molar-refractivity contribution in [2.75, 3.05) is 13.2 Å². The number of hydrogen-bond donors (Lipinski definition) is 2. The molecular weight excluding hydrogens is 430 g/mol. The van der Waals surface area contributed by atoms with Crippen LogP contribution in [0.2, 0.25) is 5.02 Å². The van der Waals surface area contributed by atoms with E-state index in [2.05, 4.69) is 5.32 Å². The van der Waals surface area contributed by atoms with E-state index in [0.717, 1.165) is 12.0 Å². The molecule has 0 spiro atoms. The van der Waals surface area contributed by atoms with Gasteiger partial charge in [-0.05, 0) is 48.7 Å². The van der Waals surface area contributed by atoms with Gasteiger partial charge in [-0.3, -0.25) is 9.59 Å². The van der Waals surface area contributed by atoms with Gasteiger partial charge in [-0.25, -0.2) is 0 Å². The zero-order chi connectivity index (χ0) is 22.5. The van der Waals surface area contributed by atoms with Crippen molar-refractivity contribution >= 4 is 23.5 Å². The highest BCUT2D eigenvalue weighted by Gasteiger charge is 2.29. The standard InChI is InChI=1S/C25H22ClNO5/c26-21-14-20-19(25(29)30)11-13-31-22(20)15-23(21)32-18-8-6-17(7-9-18)24(28)27-12-10-16-4-2-1-3-5-16/h1-9,14-15,19H,10-13H2,(H,27,28)(H,29,30)/t19-/m1/s1. The summed E-state index contributed by atoms with van der Waals surface area (Å²) in [7, 11) is 0. The van der Waals surface area contributed by atoms with Crippen molar-refractivity contribution in [3.05, 3.63) is 88.4 Å². The molecule has 0 unspecified atom stereocenters. The Hall–Kier alpha value is -3.51. The average Bonchev–Trinajstić information content (AvgIpc) is 2.80. The number of benzene rings is 3. The number of halogens is 1. The van der Waals surface area contributed by atoms with Gasteiger partial charge in [-0.2, -0.15) is 0 Å². The van der Waals surface area contributed by atoms with Crippen LogP contribution < -0.4 is 14.8 Å². The molecule has 1 amide bonds. The van der Waals surface area contributed by atoms with E-state index in [9.17, 15) is 14.7 Å². The van der Waals surface area contributed by atoms with Gasteiger partial charge in [-0.15, -0.1) is 0 Å². The minimum absolute atomic E-state index is 0.160. The molecule has 1 aliphatic rings. The molecule has 7 heteroatoms. The number of carbonyl (C=O) groups excluding carboxylic acids is 1. The number of aliphatic carboxylic acids is 1. The SMILES string of the molecule is O=C(NCCc1ccccc1)c1ccc(Oc2cc3c(cc2Cl)[C@H](C(=O)O)CCO3)cc1. The van der Waals surface area contributed by atoms with Crippen LogP contribution in [0.1, 0.15) is 33.8 Å². The minimum Gasteiger partial charge on any atom is -0.493 e. The van der Waals surface area contributed by atoms with Crippen LogP contribution in [-0.2, 0) is 11.2 Å². The Morgan fingerprint density at radius 3 is 2.56 bits per heavy atom. The summed E-state index contributed by atoms with van der Waals surface area (Å²) in [6.07, 6.45) is 1.16. The number of amides is 1. The predicted molar refractivity (Wildman–Crippen MR) is 121 cm³/mol. The Bertz CT molecular complexity index is 1120. The third kappa shape index (κ3) is 5.03. The number of nitrogens with one attached hydrogen (secondary N) is 1. The topological polar surface area (TPSA) is 84.9 Å². The van der Waals surface area contributed by atoms with Crippen molar-refractivity contribution in [2.45, 2.75) is 18.8 Å². The fourth-order valence-electron chi connectivity index (χ4n) is 3.59. The first kappa shape index (κ1) is 21.7. The molecule has 0 aliphatic carbocycles. The Morgan fingerprint density at radius 2 is 1.84 bits per heavy atom. The third-order valence-corrected chi connectivity index (χ3v) is 5.58. The van der Waals surface area contributed by atoms with E-state index in [1.807, 2.05) is 30.3 Å². The molecule has 2 N–H and O–H groups in total. The van der Waals surface area contributed by atoms with Crippen LogP contribution in [0.25, 0.3) is 0 Å². The summed E-state index contributed by atoms with van der Waals surface area (Å²) in [4.78, 5) is 23.8. The van der Waals surface area contributed by atoms with E-state index in [4.69, 9.17) is 21.1 Å². The third-order valence-electron chi connectivity index (χ3n) is 5.29. The second-order valence-corrected chi connectivity index (χ2v) is 7.87. The lowest BCUT2D eigenvalue weighted by Gasteiger charge is -2.24. The zero-order valence-corrected chi connectivity index (χ0v) is 18.0. The molecule has 0 aromatic heterocycles. The summed E-state index contributed by atoms with van der Waals surface area (Å²) in [5, 5.41) is 12.6. The normalized spacial score (nSPS) is 14.7. The molecule has 3 aromatic rings. The molecule has 1 atom stereocenters. The number of carboxylic acid groups (broad SMARTS) is 1. The first-order valence-corrected chi connectivity index (χ1v) is 10.7. The molecule has 1 aliphatic heterocycles. The van der Waals surface area contributed by atoms with E-state index in [0.29, 0.717) is 53.0 Å². The second-order valence-electron chi connectivity index (χ2n) is 7.47. The van der Waals surface area contributed by atoms with Gasteiger partial charge in [0.1, 0.15) is 17.2 Å². The van der Waals surface area contributed by atoms with Crippen molar-refractivity contribution in [3.63, 3.8) is 0 Å². The number of ether oxygens (including phenoxy) is 2. The van der Waals surface area contributed by atoms with Crippen LogP contribution in [0.15, 0.2) is 66.7 Å². The van der Waals surface area contributed by atoms with Crippen molar-refractivity contribution in [3.8, 4) is 17.2 Å². The number of fused-ring (bicyclic) bond motifs is 1. The molecule has 4 rings (SSSR count). The maximum atomic E-state index is 12.4. The Balaban J connectivity index is 1.39. The molecular formula is C25H22ClNO5. The molecule has 32 heavy (non-hydrogen) atoms. The van der Waals surface area contributed by atoms with Crippen LogP contribution in [0.3, 0.4) is 0 Å². The maximum absolute atomic E-state index is 12.4. The Labute approximate surface area is 190 Å². The predicted octanol–water partition coefficient (Wildman–Crippen LogP) is 5.06. The van der Waals surface area contributed by atoms with Gasteiger partial charge in [0.25, 0.3) is 5.91 Å². The van der Waals surface area contributed by atoms with Gasteiger partial charge in [0.15, 0.2) is 0 Å². The highest BCUT2D eigenvalue weighted by molar-refractivity contribution is 6.32. The van der Waals surface area contributed by atoms with Crippen molar-refractivity contribution in [1.29, 1.82) is 0 Å². The van der Waals surface area contributed by atoms with Gasteiger partial charge < -0.3 is 19.9 Å². The largest absolute Gasteiger partial charge is 0.493 e. The van der Waals surface area contributed by atoms with Gasteiger partial charge in [0.2, 0.25) is 0 Å². The zero-order valence-electron chi connectivity index (χ0n) is 17.2. The number of carboxylic acids is 1. The van der Waals surface area contributed by atoms with Crippen LogP contribution in [0.5, 0.6) is 17.2 Å². The Kier molecular flexibility index (Phi) is 6.61. The maximum Gasteiger partial charge on any atom is 0.311 e. The summed E-state index contributed by atoms with van der Waals surface area (Å²) in [6.45, 7) is 0.863. The molecule has 6 nitrogen and oxygen atoms in total. The summed E-state index contributed by atoms with van der Waals surface area (Å²) in [5.41, 5.74) is 2.23. The number of hydrogen-bond acceptors (Lipinski definition) is 4. The minimum atomic E-state index is -0.906. The van der Waals surface area contributed by atoms with Gasteiger partial charge in [0, 0.05) is 23.7 Å². The summed E-state index contributed by atoms with van der Waals surface area (Å²) >= 11 is 6.33. The van der Waals surface area contributed by atoms with Crippen LogP contribution in [0, 0.1) is 0 Å². The lowest BCUT2D eigenvalue weighted by Crippen LogP contribution is -2.25. The van der Waals surface area contributed by atoms with Crippen molar-refractivity contribution in [1.82, 2.24) is 5.32 Å². The van der Waals surface area contributed by atoms with Crippen LogP contribution in [0.4, 0.5) is 0 Å². The van der Waals surface area contributed by atoms with E-state index >= 15 is 0 Å². The number of rotatable bonds is 7. The molecule has 0 fully saturated rings. The first-order chi connectivity index (χ1) is 15.5. The number of carbonyl (C=O) groups is 2. The fraction of sp³-hybridized carbons (Fsp3) is 0.200. The van der Waals surface area contributed by atoms with E-state index in [1.54, 1.807) is 36.4 Å².